The molecule has 1 unspecified atom stereocenters. The lowest BCUT2D eigenvalue weighted by Gasteiger charge is -2.39. The Labute approximate surface area is 274 Å². The first-order chi connectivity index (χ1) is 22.4. The average Bonchev–Trinajstić information content (AvgIpc) is 3.71. The summed E-state index contributed by atoms with van der Waals surface area (Å²) in [5.74, 6) is -3.14. The molecule has 0 bridgehead atoms. The highest BCUT2D eigenvalue weighted by atomic mass is 32.1. The minimum absolute atomic E-state index is 0.0454. The number of benzene rings is 2. The van der Waals surface area contributed by atoms with Crippen LogP contribution in [0.4, 0.5) is 14.5 Å². The summed E-state index contributed by atoms with van der Waals surface area (Å²) < 4.78 is 34.1. The number of hydrogen-bond acceptors (Lipinski definition) is 11. The third kappa shape index (κ3) is 6.02. The number of aliphatic imine (C=N–C) groups is 1. The van der Waals surface area contributed by atoms with Gasteiger partial charge >= 0.3 is 11.9 Å². The number of aromatic nitrogens is 1. The summed E-state index contributed by atoms with van der Waals surface area (Å²) in [4.78, 5) is 40.3. The number of nitrogens with one attached hydrogen (secondary N) is 1. The Morgan fingerprint density at radius 2 is 1.87 bits per heavy atom. The molecule has 0 aliphatic carbocycles. The highest BCUT2D eigenvalue weighted by molar-refractivity contribution is 7.11. The lowest BCUT2D eigenvalue weighted by molar-refractivity contribution is -0.142. The second-order valence-corrected chi connectivity index (χ2v) is 13.3. The number of carboxylic acids is 1. The van der Waals surface area contributed by atoms with E-state index in [9.17, 15) is 28.6 Å². The monoisotopic (exact) mass is 666 g/mol. The van der Waals surface area contributed by atoms with Gasteiger partial charge in [-0.05, 0) is 55.7 Å². The van der Waals surface area contributed by atoms with E-state index in [4.69, 9.17) is 9.73 Å². The Morgan fingerprint density at radius 1 is 1.13 bits per heavy atom. The van der Waals surface area contributed by atoms with E-state index in [1.54, 1.807) is 37.6 Å². The Kier molecular flexibility index (Phi) is 8.87. The van der Waals surface area contributed by atoms with Gasteiger partial charge in [-0.2, -0.15) is 0 Å². The van der Waals surface area contributed by atoms with Crippen LogP contribution in [0.3, 0.4) is 0 Å². The van der Waals surface area contributed by atoms with Crippen LogP contribution in [0.5, 0.6) is 0 Å². The van der Waals surface area contributed by atoms with Crippen molar-refractivity contribution in [2.24, 2.45) is 4.99 Å². The number of aliphatic hydroxyl groups is 1. The van der Waals surface area contributed by atoms with Crippen molar-refractivity contribution in [1.82, 2.24) is 20.1 Å². The van der Waals surface area contributed by atoms with Crippen molar-refractivity contribution in [3.63, 3.8) is 0 Å². The van der Waals surface area contributed by atoms with Gasteiger partial charge in [0.2, 0.25) is 0 Å². The molecule has 0 saturated carbocycles. The molecule has 3 aromatic rings. The molecule has 6 rings (SSSR count). The highest BCUT2D eigenvalue weighted by Crippen LogP contribution is 2.37. The summed E-state index contributed by atoms with van der Waals surface area (Å²) in [6, 6.07) is 8.68. The first-order valence-electron chi connectivity index (χ1n) is 15.2. The summed E-state index contributed by atoms with van der Waals surface area (Å²) >= 11 is 1.35. The minimum atomic E-state index is -1.04. The molecule has 2 saturated heterocycles. The van der Waals surface area contributed by atoms with Crippen LogP contribution >= 0.6 is 11.3 Å². The number of amidine groups is 1. The highest BCUT2D eigenvalue weighted by Gasteiger charge is 2.43. The molecule has 3 N–H and O–H groups in total. The predicted octanol–water partition coefficient (Wildman–Crippen LogP) is 3.39. The number of aliphatic carboxylic acids is 1. The van der Waals surface area contributed by atoms with E-state index in [1.807, 2.05) is 21.9 Å². The molecule has 4 heterocycles. The molecular weight excluding hydrogens is 630 g/mol. The maximum Gasteiger partial charge on any atom is 0.338 e. The van der Waals surface area contributed by atoms with E-state index in [-0.39, 0.29) is 17.2 Å². The number of piperazine rings is 1. The number of methoxy groups -OCH3 is 1. The number of halogens is 2. The van der Waals surface area contributed by atoms with Crippen molar-refractivity contribution in [3.05, 3.63) is 92.6 Å². The van der Waals surface area contributed by atoms with E-state index < -0.39 is 41.4 Å². The van der Waals surface area contributed by atoms with Crippen LogP contribution in [0.1, 0.15) is 41.6 Å². The van der Waals surface area contributed by atoms with Gasteiger partial charge in [0, 0.05) is 61.7 Å². The maximum atomic E-state index is 14.8. The van der Waals surface area contributed by atoms with Crippen LogP contribution in [0.15, 0.2) is 64.2 Å². The largest absolute Gasteiger partial charge is 0.481 e. The fourth-order valence-corrected chi connectivity index (χ4v) is 7.00. The van der Waals surface area contributed by atoms with Gasteiger partial charge in [-0.25, -0.2) is 18.6 Å². The first kappa shape index (κ1) is 32.7. The zero-order chi connectivity index (χ0) is 33.6. The number of ether oxygens (including phenoxy) is 1. The Bertz CT molecular complexity index is 1750. The number of nitrogens with zero attached hydrogens (tertiary/aromatic N) is 5. The quantitative estimate of drug-likeness (QED) is 0.308. The Balaban J connectivity index is 1.27. The summed E-state index contributed by atoms with van der Waals surface area (Å²) in [5, 5.41) is 26.5. The third-order valence-corrected chi connectivity index (χ3v) is 10.1. The Morgan fingerprint density at radius 3 is 2.53 bits per heavy atom. The number of esters is 1. The number of anilines is 1. The molecule has 0 amide bonds. The number of hydrogen-bond donors (Lipinski definition) is 3. The molecular formula is C33H36F2N6O5S. The summed E-state index contributed by atoms with van der Waals surface area (Å²) in [6.45, 7) is 7.28. The van der Waals surface area contributed by atoms with Crippen LogP contribution in [0.2, 0.25) is 0 Å². The van der Waals surface area contributed by atoms with Crippen molar-refractivity contribution >= 4 is 34.8 Å². The van der Waals surface area contributed by atoms with Gasteiger partial charge in [-0.1, -0.05) is 18.2 Å². The summed E-state index contributed by atoms with van der Waals surface area (Å²) in [7, 11) is 1.27. The third-order valence-electron chi connectivity index (χ3n) is 9.27. The Hall–Kier alpha value is -4.24. The summed E-state index contributed by atoms with van der Waals surface area (Å²) in [5.41, 5.74) is 1.51. The van der Waals surface area contributed by atoms with E-state index in [1.165, 1.54) is 31.4 Å². The fourth-order valence-electron chi connectivity index (χ4n) is 6.41. The number of rotatable bonds is 8. The zero-order valence-electron chi connectivity index (χ0n) is 26.4. The van der Waals surface area contributed by atoms with Crippen LogP contribution in [-0.4, -0.2) is 95.0 Å². The van der Waals surface area contributed by atoms with Crippen molar-refractivity contribution < 1.29 is 33.3 Å². The van der Waals surface area contributed by atoms with E-state index in [2.05, 4.69) is 15.2 Å². The lowest BCUT2D eigenvalue weighted by Crippen LogP contribution is -2.54. The minimum Gasteiger partial charge on any atom is -0.481 e. The van der Waals surface area contributed by atoms with E-state index in [0.717, 1.165) is 11.8 Å². The molecule has 0 radical (unpaired) electrons. The molecule has 11 nitrogen and oxygen atoms in total. The molecule has 248 valence electrons. The second kappa shape index (κ2) is 12.8. The zero-order valence-corrected chi connectivity index (χ0v) is 27.2. The number of carboxylic acid groups (broad SMARTS) is 1. The summed E-state index contributed by atoms with van der Waals surface area (Å²) in [6.07, 6.45) is 0.778. The van der Waals surface area contributed by atoms with E-state index >= 15 is 0 Å². The smallest absolute Gasteiger partial charge is 0.338 e. The molecule has 0 spiro atoms. The number of thiazole rings is 1. The van der Waals surface area contributed by atoms with Gasteiger partial charge in [0.1, 0.15) is 6.04 Å². The van der Waals surface area contributed by atoms with Gasteiger partial charge in [0.15, 0.2) is 28.8 Å². The van der Waals surface area contributed by atoms with Crippen LogP contribution in [0.25, 0.3) is 0 Å². The van der Waals surface area contributed by atoms with Gasteiger partial charge in [-0.15, -0.1) is 11.3 Å². The molecule has 1 aromatic heterocycles. The lowest BCUT2D eigenvalue weighted by atomic mass is 9.85. The second-order valence-electron chi connectivity index (χ2n) is 12.4. The molecule has 3 atom stereocenters. The maximum absolute atomic E-state index is 14.8. The molecule has 2 fully saturated rings. The van der Waals surface area contributed by atoms with Crippen molar-refractivity contribution in [2.75, 3.05) is 44.7 Å². The first-order valence-corrected chi connectivity index (χ1v) is 16.1. The van der Waals surface area contributed by atoms with Crippen molar-refractivity contribution in [3.8, 4) is 0 Å². The standard InChI is InChI=1S/C33H36F2N6O5S/c1-18-22(9-10-23(34)26(18)35)27-25(30(42)46-4)24(37-28(38-27)29-36-11-14-47-29)17-39-12-13-40-21(15-39)16-41(32(40)45)20-7-5-19(6-8-20)33(2,3)31(43)44/h5-11,14,21,27,32,45H,12-13,15-17H2,1-4H3,(H,37,38)(H,43,44)/t21-,27-,32?/m0/s1. The number of carbonyl (C=O) groups is 2. The van der Waals surface area contributed by atoms with Crippen molar-refractivity contribution in [1.29, 1.82) is 0 Å². The fraction of sp³-hybridized carbons (Fsp3) is 0.394. The molecule has 3 aliphatic rings. The number of carbonyl (C=O) groups excluding carboxylic acids is 1. The average molecular weight is 667 g/mol. The number of fused-ring (bicyclic) bond motifs is 1. The van der Waals surface area contributed by atoms with Crippen LogP contribution in [-0.2, 0) is 19.7 Å². The predicted molar refractivity (Wildman–Crippen MR) is 172 cm³/mol. The van der Waals surface area contributed by atoms with Gasteiger partial charge in [0.25, 0.3) is 0 Å². The molecule has 2 aromatic carbocycles. The topological polar surface area (TPSA) is 131 Å². The van der Waals surface area contributed by atoms with Gasteiger partial charge < -0.3 is 25.2 Å². The van der Waals surface area contributed by atoms with Gasteiger partial charge in [-0.3, -0.25) is 19.6 Å². The van der Waals surface area contributed by atoms with E-state index in [0.29, 0.717) is 60.4 Å². The molecule has 3 aliphatic heterocycles. The molecule has 47 heavy (non-hydrogen) atoms. The normalized spacial score (nSPS) is 22.1. The molecule has 14 heteroatoms. The van der Waals surface area contributed by atoms with Crippen LogP contribution in [0, 0.1) is 18.6 Å². The van der Waals surface area contributed by atoms with Gasteiger partial charge in [0.05, 0.1) is 18.1 Å². The SMILES string of the molecule is COC(=O)C1=C(CN2CCN3C(O)N(c4ccc(C(C)(C)C(=O)O)cc4)C[C@@H]3C2)NC(c2nccs2)=N[C@H]1c1ccc(F)c(F)c1C. The van der Waals surface area contributed by atoms with Crippen LogP contribution < -0.4 is 10.2 Å². The van der Waals surface area contributed by atoms with Crippen molar-refractivity contribution in [2.45, 2.75) is 44.6 Å². The number of aliphatic hydroxyl groups excluding tert-OH is 1.